The van der Waals surface area contributed by atoms with Crippen LogP contribution in [0.15, 0.2) is 36.4 Å². The molecule has 0 aliphatic carbocycles. The molecular formula is C14H13ClO. The third-order valence-corrected chi connectivity index (χ3v) is 3.19. The highest BCUT2D eigenvalue weighted by molar-refractivity contribution is 6.64. The number of carbonyl (C=O) groups excluding carboxylic acids is 1. The number of hydrogen-bond acceptors (Lipinski definition) is 1. The van der Waals surface area contributed by atoms with Gasteiger partial charge in [0.25, 0.3) is 0 Å². The van der Waals surface area contributed by atoms with Crippen molar-refractivity contribution in [3.8, 4) is 0 Å². The Morgan fingerprint density at radius 2 is 1.75 bits per heavy atom. The van der Waals surface area contributed by atoms with Gasteiger partial charge in [-0.25, -0.2) is 0 Å². The summed E-state index contributed by atoms with van der Waals surface area (Å²) in [7, 11) is 0. The maximum atomic E-state index is 11.1. The van der Waals surface area contributed by atoms with Gasteiger partial charge in [-0.15, -0.1) is 0 Å². The Bertz CT molecular complexity index is 545. The summed E-state index contributed by atoms with van der Waals surface area (Å²) in [5.41, 5.74) is 2.21. The minimum atomic E-state index is -0.313. The van der Waals surface area contributed by atoms with Gasteiger partial charge >= 0.3 is 0 Å². The Hall–Kier alpha value is -1.34. The minimum absolute atomic E-state index is 0.243. The topological polar surface area (TPSA) is 17.1 Å². The predicted octanol–water partition coefficient (Wildman–Crippen LogP) is 4.02. The molecule has 1 nitrogen and oxygen atoms in total. The molecule has 0 spiro atoms. The molecule has 0 saturated heterocycles. The van der Waals surface area contributed by atoms with Crippen LogP contribution in [0.3, 0.4) is 0 Å². The van der Waals surface area contributed by atoms with E-state index in [1.807, 2.05) is 25.1 Å². The Labute approximate surface area is 100 Å². The first-order valence-electron chi connectivity index (χ1n) is 5.27. The average molecular weight is 233 g/mol. The molecule has 0 bridgehead atoms. The zero-order valence-electron chi connectivity index (χ0n) is 9.33. The first kappa shape index (κ1) is 11.2. The van der Waals surface area contributed by atoms with Gasteiger partial charge in [0, 0.05) is 0 Å². The zero-order chi connectivity index (χ0) is 11.7. The summed E-state index contributed by atoms with van der Waals surface area (Å²) in [5.74, 6) is -0.243. The fourth-order valence-electron chi connectivity index (χ4n) is 1.78. The monoisotopic (exact) mass is 232 g/mol. The molecule has 0 aliphatic heterocycles. The lowest BCUT2D eigenvalue weighted by Gasteiger charge is -2.08. The van der Waals surface area contributed by atoms with Crippen molar-refractivity contribution in [1.29, 1.82) is 0 Å². The molecule has 0 aromatic heterocycles. The third kappa shape index (κ3) is 2.10. The highest BCUT2D eigenvalue weighted by Crippen LogP contribution is 2.23. The molecule has 16 heavy (non-hydrogen) atoms. The van der Waals surface area contributed by atoms with E-state index in [1.54, 1.807) is 0 Å². The normalized spacial score (nSPS) is 12.7. The van der Waals surface area contributed by atoms with E-state index < -0.39 is 0 Å². The molecule has 2 heteroatoms. The molecule has 82 valence electrons. The van der Waals surface area contributed by atoms with Gasteiger partial charge in [0.15, 0.2) is 0 Å². The summed E-state index contributed by atoms with van der Waals surface area (Å²) in [5, 5.41) is 2.03. The molecule has 0 aliphatic rings. The van der Waals surface area contributed by atoms with Crippen LogP contribution >= 0.6 is 11.6 Å². The molecule has 0 N–H and O–H groups in total. The van der Waals surface area contributed by atoms with Crippen molar-refractivity contribution in [2.24, 2.45) is 0 Å². The molecule has 1 atom stereocenters. The van der Waals surface area contributed by atoms with Gasteiger partial charge in [-0.05, 0) is 34.9 Å². The highest BCUT2D eigenvalue weighted by Gasteiger charge is 2.12. The standard InChI is InChI=1S/C14H13ClO/c1-9-3-4-13-8-11(10(2)14(15)16)5-6-12(13)7-9/h3-8,10H,1-2H3/t10-/m0/s1. The minimum Gasteiger partial charge on any atom is -0.281 e. The van der Waals surface area contributed by atoms with E-state index in [9.17, 15) is 4.79 Å². The van der Waals surface area contributed by atoms with E-state index in [2.05, 4.69) is 25.1 Å². The van der Waals surface area contributed by atoms with Crippen LogP contribution in [0.5, 0.6) is 0 Å². The van der Waals surface area contributed by atoms with Gasteiger partial charge in [-0.1, -0.05) is 48.9 Å². The number of fused-ring (bicyclic) bond motifs is 1. The van der Waals surface area contributed by atoms with E-state index >= 15 is 0 Å². The van der Waals surface area contributed by atoms with Crippen LogP contribution in [0, 0.1) is 6.92 Å². The summed E-state index contributed by atoms with van der Waals surface area (Å²) >= 11 is 5.50. The van der Waals surface area contributed by atoms with Crippen molar-refractivity contribution < 1.29 is 4.79 Å². The van der Waals surface area contributed by atoms with Crippen LogP contribution in [-0.2, 0) is 4.79 Å². The van der Waals surface area contributed by atoms with Crippen LogP contribution in [0.25, 0.3) is 10.8 Å². The van der Waals surface area contributed by atoms with Gasteiger partial charge in [0.05, 0.1) is 5.92 Å². The molecule has 0 heterocycles. The van der Waals surface area contributed by atoms with Crippen molar-refractivity contribution in [2.45, 2.75) is 19.8 Å². The van der Waals surface area contributed by atoms with Crippen molar-refractivity contribution in [1.82, 2.24) is 0 Å². The van der Waals surface area contributed by atoms with Gasteiger partial charge in [0.1, 0.15) is 0 Å². The Morgan fingerprint density at radius 3 is 2.44 bits per heavy atom. The van der Waals surface area contributed by atoms with Gasteiger partial charge in [-0.2, -0.15) is 0 Å². The van der Waals surface area contributed by atoms with Crippen LogP contribution in [-0.4, -0.2) is 5.24 Å². The van der Waals surface area contributed by atoms with Gasteiger partial charge in [-0.3, -0.25) is 4.79 Å². The lowest BCUT2D eigenvalue weighted by atomic mass is 9.98. The first-order valence-corrected chi connectivity index (χ1v) is 5.65. The van der Waals surface area contributed by atoms with E-state index in [4.69, 9.17) is 11.6 Å². The molecule has 2 aromatic carbocycles. The smallest absolute Gasteiger partial charge is 0.228 e. The SMILES string of the molecule is Cc1ccc2cc([C@H](C)C(=O)Cl)ccc2c1. The Kier molecular flexibility index (Phi) is 2.97. The number of halogens is 1. The van der Waals surface area contributed by atoms with E-state index in [1.165, 1.54) is 10.9 Å². The second-order valence-corrected chi connectivity index (χ2v) is 4.51. The predicted molar refractivity (Wildman–Crippen MR) is 68.0 cm³/mol. The average Bonchev–Trinajstić information content (AvgIpc) is 2.27. The quantitative estimate of drug-likeness (QED) is 0.715. The number of rotatable bonds is 2. The third-order valence-electron chi connectivity index (χ3n) is 2.86. The van der Waals surface area contributed by atoms with Crippen molar-refractivity contribution in [3.63, 3.8) is 0 Å². The van der Waals surface area contributed by atoms with Gasteiger partial charge in [0.2, 0.25) is 5.24 Å². The van der Waals surface area contributed by atoms with E-state index in [0.717, 1.165) is 10.9 Å². The maximum Gasteiger partial charge on any atom is 0.228 e. The fraction of sp³-hybridized carbons (Fsp3) is 0.214. The van der Waals surface area contributed by atoms with Crippen molar-refractivity contribution >= 4 is 27.6 Å². The summed E-state index contributed by atoms with van der Waals surface area (Å²) < 4.78 is 0. The first-order chi connectivity index (χ1) is 7.58. The maximum absolute atomic E-state index is 11.1. The summed E-state index contributed by atoms with van der Waals surface area (Å²) in [6.45, 7) is 3.89. The molecule has 0 fully saturated rings. The summed E-state index contributed by atoms with van der Waals surface area (Å²) in [4.78, 5) is 11.1. The zero-order valence-corrected chi connectivity index (χ0v) is 10.1. The fourth-order valence-corrected chi connectivity index (χ4v) is 1.91. The Balaban J connectivity index is 2.52. The highest BCUT2D eigenvalue weighted by atomic mass is 35.5. The summed E-state index contributed by atoms with van der Waals surface area (Å²) in [6.07, 6.45) is 0. The van der Waals surface area contributed by atoms with Gasteiger partial charge < -0.3 is 0 Å². The number of aryl methyl sites for hydroxylation is 1. The molecule has 0 unspecified atom stereocenters. The molecule has 2 rings (SSSR count). The number of hydrogen-bond donors (Lipinski definition) is 0. The van der Waals surface area contributed by atoms with Crippen LogP contribution < -0.4 is 0 Å². The molecule has 0 amide bonds. The summed E-state index contributed by atoms with van der Waals surface area (Å²) in [6, 6.07) is 12.3. The Morgan fingerprint density at radius 1 is 1.12 bits per heavy atom. The largest absolute Gasteiger partial charge is 0.281 e. The number of benzene rings is 2. The molecule has 2 aromatic rings. The lowest BCUT2D eigenvalue weighted by Crippen LogP contribution is -2.01. The van der Waals surface area contributed by atoms with E-state index in [-0.39, 0.29) is 11.2 Å². The molecule has 0 radical (unpaired) electrons. The van der Waals surface area contributed by atoms with Crippen molar-refractivity contribution in [2.75, 3.05) is 0 Å². The molecular weight excluding hydrogens is 220 g/mol. The van der Waals surface area contributed by atoms with Crippen molar-refractivity contribution in [3.05, 3.63) is 47.5 Å². The second-order valence-electron chi connectivity index (χ2n) is 4.14. The van der Waals surface area contributed by atoms with Crippen LogP contribution in [0.4, 0.5) is 0 Å². The second kappa shape index (κ2) is 4.26. The van der Waals surface area contributed by atoms with E-state index in [0.29, 0.717) is 0 Å². The van der Waals surface area contributed by atoms with Crippen LogP contribution in [0.1, 0.15) is 24.0 Å². The molecule has 0 saturated carbocycles. The number of carbonyl (C=O) groups is 1. The van der Waals surface area contributed by atoms with Crippen LogP contribution in [0.2, 0.25) is 0 Å². The lowest BCUT2D eigenvalue weighted by molar-refractivity contribution is -0.112.